The fraction of sp³-hybridized carbons (Fsp3) is 0.118. The Morgan fingerprint density at radius 3 is 1.96 bits per heavy atom. The number of ether oxygens (including phenoxy) is 2. The van der Waals surface area contributed by atoms with Crippen molar-refractivity contribution in [2.75, 3.05) is 7.11 Å². The van der Waals surface area contributed by atoms with Crippen LogP contribution in [0.3, 0.4) is 0 Å². The molecule has 0 spiro atoms. The van der Waals surface area contributed by atoms with Crippen LogP contribution < -0.4 is 4.74 Å². The minimum atomic E-state index is -4.70. The monoisotopic (exact) mass is 322 g/mol. The Kier molecular flexibility index (Phi) is 5.05. The summed E-state index contributed by atoms with van der Waals surface area (Å²) in [5.74, 6) is -0.715. The molecule has 0 bridgehead atoms. The number of hydrogen-bond acceptors (Lipinski definition) is 3. The third-order valence-electron chi connectivity index (χ3n) is 2.94. The van der Waals surface area contributed by atoms with Gasteiger partial charge in [-0.05, 0) is 34.9 Å². The molecule has 2 rings (SSSR count). The van der Waals surface area contributed by atoms with Crippen molar-refractivity contribution in [3.05, 3.63) is 60.2 Å². The van der Waals surface area contributed by atoms with E-state index in [1.54, 1.807) is 42.5 Å². The molecule has 0 N–H and O–H groups in total. The second-order valence-electron chi connectivity index (χ2n) is 4.55. The number of alkyl halides is 3. The smallest absolute Gasteiger partial charge is 0.466 e. The van der Waals surface area contributed by atoms with Gasteiger partial charge >= 0.3 is 12.3 Å². The quantitative estimate of drug-likeness (QED) is 0.617. The molecule has 120 valence electrons. The van der Waals surface area contributed by atoms with Crippen LogP contribution in [0.5, 0.6) is 5.75 Å². The Bertz CT molecular complexity index is 687. The molecule has 0 heterocycles. The molecule has 3 nitrogen and oxygen atoms in total. The molecule has 0 unspecified atom stereocenters. The van der Waals surface area contributed by atoms with Gasteiger partial charge in [0, 0.05) is 6.08 Å². The zero-order chi connectivity index (χ0) is 16.9. The molecule has 0 atom stereocenters. The fourth-order valence-electron chi connectivity index (χ4n) is 1.87. The van der Waals surface area contributed by atoms with Gasteiger partial charge in [-0.25, -0.2) is 4.79 Å². The van der Waals surface area contributed by atoms with Crippen LogP contribution in [0.15, 0.2) is 54.6 Å². The van der Waals surface area contributed by atoms with Gasteiger partial charge in [0.15, 0.2) is 0 Å². The number of esters is 1. The number of methoxy groups -OCH3 is 1. The van der Waals surface area contributed by atoms with Crippen LogP contribution in [-0.4, -0.2) is 19.4 Å². The second kappa shape index (κ2) is 7.00. The van der Waals surface area contributed by atoms with E-state index in [1.165, 1.54) is 25.3 Å². The Labute approximate surface area is 131 Å². The molecule has 0 saturated carbocycles. The van der Waals surface area contributed by atoms with Crippen LogP contribution in [-0.2, 0) is 9.53 Å². The first kappa shape index (κ1) is 16.6. The largest absolute Gasteiger partial charge is 0.573 e. The lowest BCUT2D eigenvalue weighted by Crippen LogP contribution is -2.16. The third-order valence-corrected chi connectivity index (χ3v) is 2.94. The zero-order valence-electron chi connectivity index (χ0n) is 12.1. The minimum Gasteiger partial charge on any atom is -0.466 e. The molecule has 0 aliphatic heterocycles. The Hall–Kier alpha value is -2.76. The molecular weight excluding hydrogens is 309 g/mol. The van der Waals surface area contributed by atoms with Crippen molar-refractivity contribution in [1.29, 1.82) is 0 Å². The molecule has 0 radical (unpaired) electrons. The predicted molar refractivity (Wildman–Crippen MR) is 79.6 cm³/mol. The average molecular weight is 322 g/mol. The molecule has 2 aromatic rings. The summed E-state index contributed by atoms with van der Waals surface area (Å²) >= 11 is 0. The lowest BCUT2D eigenvalue weighted by molar-refractivity contribution is -0.274. The Balaban J connectivity index is 2.10. The van der Waals surface area contributed by atoms with Crippen LogP contribution in [0, 0.1) is 0 Å². The minimum absolute atomic E-state index is 0.265. The molecule has 0 fully saturated rings. The molecule has 0 saturated heterocycles. The van der Waals surface area contributed by atoms with E-state index < -0.39 is 12.3 Å². The first-order valence-corrected chi connectivity index (χ1v) is 6.60. The summed E-state index contributed by atoms with van der Waals surface area (Å²) in [7, 11) is 1.29. The van der Waals surface area contributed by atoms with Gasteiger partial charge in [-0.15, -0.1) is 13.2 Å². The summed E-state index contributed by atoms with van der Waals surface area (Å²) in [6, 6.07) is 12.8. The van der Waals surface area contributed by atoms with E-state index in [9.17, 15) is 18.0 Å². The van der Waals surface area contributed by atoms with Gasteiger partial charge in [0.2, 0.25) is 0 Å². The first-order chi connectivity index (χ1) is 10.9. The summed E-state index contributed by atoms with van der Waals surface area (Å²) in [6.45, 7) is 0. The van der Waals surface area contributed by atoms with Crippen molar-refractivity contribution in [3.63, 3.8) is 0 Å². The normalized spacial score (nSPS) is 11.5. The highest BCUT2D eigenvalue weighted by atomic mass is 19.4. The molecular formula is C17H13F3O3. The number of carbonyl (C=O) groups is 1. The highest BCUT2D eigenvalue weighted by molar-refractivity contribution is 5.87. The topological polar surface area (TPSA) is 35.5 Å². The van der Waals surface area contributed by atoms with Gasteiger partial charge in [-0.2, -0.15) is 0 Å². The molecule has 0 aliphatic carbocycles. The van der Waals surface area contributed by atoms with Gasteiger partial charge in [0.25, 0.3) is 0 Å². The van der Waals surface area contributed by atoms with E-state index in [-0.39, 0.29) is 5.75 Å². The third kappa shape index (κ3) is 5.18. The SMILES string of the molecule is COC(=O)/C=C/c1ccc(-c2ccc(OC(F)(F)F)cc2)cc1. The lowest BCUT2D eigenvalue weighted by Gasteiger charge is -2.09. The van der Waals surface area contributed by atoms with E-state index in [0.29, 0.717) is 0 Å². The summed E-state index contributed by atoms with van der Waals surface area (Å²) in [6.07, 6.45) is -1.79. The van der Waals surface area contributed by atoms with Crippen molar-refractivity contribution >= 4 is 12.0 Å². The number of halogens is 3. The fourth-order valence-corrected chi connectivity index (χ4v) is 1.87. The van der Waals surface area contributed by atoms with Gasteiger partial charge in [-0.1, -0.05) is 36.4 Å². The first-order valence-electron chi connectivity index (χ1n) is 6.60. The van der Waals surface area contributed by atoms with E-state index in [4.69, 9.17) is 0 Å². The number of carbonyl (C=O) groups excluding carboxylic acids is 1. The van der Waals surface area contributed by atoms with Gasteiger partial charge in [-0.3, -0.25) is 0 Å². The predicted octanol–water partition coefficient (Wildman–Crippen LogP) is 4.44. The number of hydrogen-bond donors (Lipinski definition) is 0. The van der Waals surface area contributed by atoms with Gasteiger partial charge < -0.3 is 9.47 Å². The molecule has 2 aromatic carbocycles. The van der Waals surface area contributed by atoms with Crippen molar-refractivity contribution < 1.29 is 27.4 Å². The Morgan fingerprint density at radius 1 is 0.957 bits per heavy atom. The maximum absolute atomic E-state index is 12.1. The van der Waals surface area contributed by atoms with E-state index in [1.807, 2.05) is 0 Å². The summed E-state index contributed by atoms with van der Waals surface area (Å²) in [5, 5.41) is 0. The van der Waals surface area contributed by atoms with Crippen LogP contribution >= 0.6 is 0 Å². The number of benzene rings is 2. The maximum Gasteiger partial charge on any atom is 0.573 e. The maximum atomic E-state index is 12.1. The standard InChI is InChI=1S/C17H13F3O3/c1-22-16(21)11-4-12-2-5-13(6-3-12)14-7-9-15(10-8-14)23-17(18,19)20/h2-11H,1H3/b11-4+. The van der Waals surface area contributed by atoms with Crippen LogP contribution in [0.4, 0.5) is 13.2 Å². The van der Waals surface area contributed by atoms with Crippen molar-refractivity contribution in [1.82, 2.24) is 0 Å². The highest BCUT2D eigenvalue weighted by Crippen LogP contribution is 2.26. The molecule has 23 heavy (non-hydrogen) atoms. The van der Waals surface area contributed by atoms with Crippen LogP contribution in [0.1, 0.15) is 5.56 Å². The molecule has 0 aromatic heterocycles. The van der Waals surface area contributed by atoms with E-state index in [2.05, 4.69) is 9.47 Å². The number of rotatable bonds is 4. The van der Waals surface area contributed by atoms with E-state index >= 15 is 0 Å². The zero-order valence-corrected chi connectivity index (χ0v) is 12.1. The summed E-state index contributed by atoms with van der Waals surface area (Å²) in [5.41, 5.74) is 2.39. The summed E-state index contributed by atoms with van der Waals surface area (Å²) < 4.78 is 44.6. The van der Waals surface area contributed by atoms with Crippen LogP contribution in [0.2, 0.25) is 0 Å². The van der Waals surface area contributed by atoms with E-state index in [0.717, 1.165) is 16.7 Å². The highest BCUT2D eigenvalue weighted by Gasteiger charge is 2.30. The second-order valence-corrected chi connectivity index (χ2v) is 4.55. The molecule has 0 amide bonds. The van der Waals surface area contributed by atoms with Crippen molar-refractivity contribution in [2.45, 2.75) is 6.36 Å². The van der Waals surface area contributed by atoms with Gasteiger partial charge in [0.05, 0.1) is 7.11 Å². The van der Waals surface area contributed by atoms with Crippen molar-refractivity contribution in [2.24, 2.45) is 0 Å². The molecule has 0 aliphatic rings. The summed E-state index contributed by atoms with van der Waals surface area (Å²) in [4.78, 5) is 11.0. The van der Waals surface area contributed by atoms with Gasteiger partial charge in [0.1, 0.15) is 5.75 Å². The lowest BCUT2D eigenvalue weighted by atomic mass is 10.0. The molecule has 6 heteroatoms. The van der Waals surface area contributed by atoms with Crippen LogP contribution in [0.25, 0.3) is 17.2 Å². The van der Waals surface area contributed by atoms with Crippen molar-refractivity contribution in [3.8, 4) is 16.9 Å². The Morgan fingerprint density at radius 2 is 1.48 bits per heavy atom. The average Bonchev–Trinajstić information content (AvgIpc) is 2.52.